The van der Waals surface area contributed by atoms with E-state index < -0.39 is 46.2 Å². The van der Waals surface area contributed by atoms with Gasteiger partial charge in [-0.2, -0.15) is 0 Å². The van der Waals surface area contributed by atoms with Crippen molar-refractivity contribution in [2.75, 3.05) is 61.6 Å². The summed E-state index contributed by atoms with van der Waals surface area (Å²) in [4.78, 5) is 39.8. The van der Waals surface area contributed by atoms with Crippen LogP contribution < -0.4 is 20.7 Å². The van der Waals surface area contributed by atoms with Gasteiger partial charge in [0.2, 0.25) is 5.95 Å². The van der Waals surface area contributed by atoms with E-state index >= 15 is 8.78 Å². The van der Waals surface area contributed by atoms with Gasteiger partial charge in [0, 0.05) is 87.2 Å². The van der Waals surface area contributed by atoms with Crippen molar-refractivity contribution in [2.24, 2.45) is 7.05 Å². The van der Waals surface area contributed by atoms with Crippen LogP contribution in [0.4, 0.5) is 34.9 Å². The minimum Gasteiger partial charge on any atom is -0.378 e. The van der Waals surface area contributed by atoms with E-state index in [9.17, 15) is 18.4 Å². The summed E-state index contributed by atoms with van der Waals surface area (Å²) < 4.78 is 66.2. The average molecular weight is 604 g/mol. The predicted molar refractivity (Wildman–Crippen MR) is 154 cm³/mol. The number of piperazine rings is 1. The number of carbonyl (C=O) groups excluding carboxylic acids is 1. The molecule has 0 radical (unpaired) electrons. The van der Waals surface area contributed by atoms with Crippen LogP contribution in [0, 0.1) is 11.6 Å². The van der Waals surface area contributed by atoms with Gasteiger partial charge in [-0.3, -0.25) is 14.5 Å². The number of ether oxygens (including phenoxy) is 1. The fraction of sp³-hybridized carbons (Fsp3) is 0.448. The number of alkyl halides is 2. The highest BCUT2D eigenvalue weighted by Gasteiger charge is 2.32. The lowest BCUT2D eigenvalue weighted by atomic mass is 10.0. The Morgan fingerprint density at radius 3 is 2.26 bits per heavy atom. The monoisotopic (exact) mass is 603 g/mol. The van der Waals surface area contributed by atoms with E-state index in [1.54, 1.807) is 4.90 Å². The molecule has 1 amide bonds. The zero-order valence-corrected chi connectivity index (χ0v) is 24.3. The number of morpholine rings is 1. The van der Waals surface area contributed by atoms with Gasteiger partial charge in [-0.15, -0.1) is 0 Å². The number of aryl methyl sites for hydroxylation is 1. The molecule has 5 rings (SSSR count). The van der Waals surface area contributed by atoms with Crippen molar-refractivity contribution < 1.29 is 27.1 Å². The minimum atomic E-state index is -3.13. The number of carbonyl (C=O) groups is 1. The summed E-state index contributed by atoms with van der Waals surface area (Å²) in [5, 5.41) is 2.43. The summed E-state index contributed by atoms with van der Waals surface area (Å²) in [7, 11) is 3.26. The fourth-order valence-corrected chi connectivity index (χ4v) is 5.41. The van der Waals surface area contributed by atoms with Gasteiger partial charge in [-0.1, -0.05) is 0 Å². The van der Waals surface area contributed by atoms with E-state index in [1.807, 2.05) is 25.8 Å². The first-order valence-electron chi connectivity index (χ1n) is 13.9. The number of nitrogens with zero attached hydrogens (tertiary/aromatic N) is 6. The number of rotatable bonds is 6. The minimum absolute atomic E-state index is 0.00770. The Morgan fingerprint density at radius 1 is 1.02 bits per heavy atom. The van der Waals surface area contributed by atoms with Crippen LogP contribution in [-0.2, 0) is 11.8 Å². The highest BCUT2D eigenvalue weighted by molar-refractivity contribution is 6.07. The van der Waals surface area contributed by atoms with Gasteiger partial charge in [0.05, 0.1) is 30.0 Å². The number of halogens is 4. The van der Waals surface area contributed by atoms with Crippen LogP contribution in [-0.4, -0.2) is 83.9 Å². The van der Waals surface area contributed by atoms with Crippen LogP contribution >= 0.6 is 0 Å². The van der Waals surface area contributed by atoms with Crippen LogP contribution in [0.3, 0.4) is 0 Å². The topological polar surface area (TPSA) is 95.8 Å². The first-order chi connectivity index (χ1) is 20.5. The Balaban J connectivity index is 1.59. The molecule has 2 atom stereocenters. The third kappa shape index (κ3) is 6.07. The van der Waals surface area contributed by atoms with E-state index in [4.69, 9.17) is 4.74 Å². The van der Waals surface area contributed by atoms with Gasteiger partial charge < -0.3 is 24.4 Å². The number of nitrogens with one attached hydrogen (secondary N) is 1. The van der Waals surface area contributed by atoms with Crippen molar-refractivity contribution in [3.8, 4) is 11.1 Å². The maximum absolute atomic E-state index is 16.5. The van der Waals surface area contributed by atoms with E-state index in [0.29, 0.717) is 51.4 Å². The Labute approximate surface area is 245 Å². The number of likely N-dealkylation sites (N-methyl/N-ethyl adjacent to an activating group) is 1. The van der Waals surface area contributed by atoms with Gasteiger partial charge in [-0.05, 0) is 20.9 Å². The summed E-state index contributed by atoms with van der Waals surface area (Å²) in [6.07, 6.45) is 0.433. The fourth-order valence-electron chi connectivity index (χ4n) is 5.41. The molecule has 2 saturated heterocycles. The van der Waals surface area contributed by atoms with Crippen molar-refractivity contribution in [1.29, 1.82) is 0 Å². The molecule has 0 saturated carbocycles. The van der Waals surface area contributed by atoms with Gasteiger partial charge in [0.1, 0.15) is 11.5 Å². The van der Waals surface area contributed by atoms with Crippen molar-refractivity contribution in [3.05, 3.63) is 63.8 Å². The molecule has 0 spiro atoms. The van der Waals surface area contributed by atoms with E-state index in [-0.39, 0.29) is 29.0 Å². The first kappa shape index (κ1) is 30.4. The van der Waals surface area contributed by atoms with Crippen molar-refractivity contribution in [1.82, 2.24) is 19.4 Å². The second kappa shape index (κ2) is 12.3. The Kier molecular flexibility index (Phi) is 8.69. The maximum atomic E-state index is 16.5. The Bertz CT molecular complexity index is 1550. The molecule has 1 unspecified atom stereocenters. The number of hydrogen-bond acceptors (Lipinski definition) is 8. The molecule has 14 heteroatoms. The summed E-state index contributed by atoms with van der Waals surface area (Å²) >= 11 is 0. The number of benzene rings is 1. The van der Waals surface area contributed by atoms with Gasteiger partial charge in [0.15, 0.2) is 5.82 Å². The Hall–Kier alpha value is -4.04. The summed E-state index contributed by atoms with van der Waals surface area (Å²) in [5.41, 5.74) is -2.79. The second-order valence-electron chi connectivity index (χ2n) is 10.9. The summed E-state index contributed by atoms with van der Waals surface area (Å²) in [5.74, 6) is -2.69. The second-order valence-corrected chi connectivity index (χ2v) is 10.9. The zero-order valence-electron chi connectivity index (χ0n) is 24.3. The van der Waals surface area contributed by atoms with Crippen LogP contribution in [0.25, 0.3) is 11.1 Å². The average Bonchev–Trinajstić information content (AvgIpc) is 2.98. The molecule has 2 aromatic heterocycles. The first-order valence-corrected chi connectivity index (χ1v) is 13.9. The van der Waals surface area contributed by atoms with Crippen LogP contribution in [0.15, 0.2) is 35.5 Å². The molecule has 10 nitrogen and oxygen atoms in total. The van der Waals surface area contributed by atoms with E-state index in [0.717, 1.165) is 16.8 Å². The van der Waals surface area contributed by atoms with E-state index in [1.165, 1.54) is 19.4 Å². The molecule has 1 N–H and O–H groups in total. The SMILES string of the molecule is CC1CN(c2cc(F)c(-c3cnc(N4CCOCC4)nc3)c(F)c2NC(=O)c2cn(C)c(=O)cc2C(F)F)C[C@@H](C)N1C. The standard InChI is InChI=1S/C29H33F4N7O3/c1-16-13-40(14-17(2)38(16)4)22-10-21(30)24(18-11-34-29(35-12-18)39-5-7-43-8-6-39)25(31)26(22)36-28(42)20-15-37(3)23(41)9-19(20)27(32)33/h9-12,15-17,27H,5-8,13-14H2,1-4H3,(H,36,42)/t16-,17?/m1/s1. The molecule has 4 heterocycles. The van der Waals surface area contributed by atoms with Gasteiger partial charge in [0.25, 0.3) is 17.9 Å². The van der Waals surface area contributed by atoms with Crippen LogP contribution in [0.2, 0.25) is 0 Å². The normalized spacial score (nSPS) is 19.7. The molecular weight excluding hydrogens is 570 g/mol. The molecule has 230 valence electrons. The van der Waals surface area contributed by atoms with Gasteiger partial charge >= 0.3 is 0 Å². The van der Waals surface area contributed by atoms with Crippen LogP contribution in [0.1, 0.15) is 36.2 Å². The molecule has 0 bridgehead atoms. The molecule has 0 aliphatic carbocycles. The highest BCUT2D eigenvalue weighted by Crippen LogP contribution is 2.39. The number of amides is 1. The lowest BCUT2D eigenvalue weighted by molar-refractivity contribution is 0.101. The summed E-state index contributed by atoms with van der Waals surface area (Å²) in [6.45, 7) is 6.86. The summed E-state index contributed by atoms with van der Waals surface area (Å²) in [6, 6.07) is 1.81. The maximum Gasteiger partial charge on any atom is 0.264 e. The predicted octanol–water partition coefficient (Wildman–Crippen LogP) is 3.68. The van der Waals surface area contributed by atoms with Crippen molar-refractivity contribution in [3.63, 3.8) is 0 Å². The zero-order chi connectivity index (χ0) is 31.0. The number of hydrogen-bond donors (Lipinski definition) is 1. The van der Waals surface area contributed by atoms with E-state index in [2.05, 4.69) is 20.2 Å². The quantitative estimate of drug-likeness (QED) is 0.427. The Morgan fingerprint density at radius 2 is 1.65 bits per heavy atom. The van der Waals surface area contributed by atoms with Crippen LogP contribution in [0.5, 0.6) is 0 Å². The van der Waals surface area contributed by atoms with Crippen molar-refractivity contribution in [2.45, 2.75) is 32.4 Å². The number of anilines is 3. The smallest absolute Gasteiger partial charge is 0.264 e. The third-order valence-electron chi connectivity index (χ3n) is 8.10. The lowest BCUT2D eigenvalue weighted by Gasteiger charge is -2.44. The number of pyridine rings is 1. The molecule has 3 aromatic rings. The van der Waals surface area contributed by atoms with Crippen molar-refractivity contribution >= 4 is 23.2 Å². The third-order valence-corrected chi connectivity index (χ3v) is 8.10. The molecule has 43 heavy (non-hydrogen) atoms. The molecule has 2 aliphatic heterocycles. The molecule has 1 aromatic carbocycles. The molecular formula is C29H33F4N7O3. The molecule has 2 fully saturated rings. The lowest BCUT2D eigenvalue weighted by Crippen LogP contribution is -2.55. The molecule has 2 aliphatic rings. The largest absolute Gasteiger partial charge is 0.378 e. The number of aromatic nitrogens is 3. The van der Waals surface area contributed by atoms with Gasteiger partial charge in [-0.25, -0.2) is 27.5 Å². The highest BCUT2D eigenvalue weighted by atomic mass is 19.3.